The number of nitrogens with zero attached hydrogens (tertiary/aromatic N) is 1. The number of rotatable bonds is 5. The molecule has 1 atom stereocenters. The van der Waals surface area contributed by atoms with E-state index in [2.05, 4.69) is 17.0 Å². The molecular weight excluding hydrogens is 356 g/mol. The average Bonchev–Trinajstić information content (AvgIpc) is 3.24. The van der Waals surface area contributed by atoms with Crippen molar-refractivity contribution in [3.05, 3.63) is 102 Å². The van der Waals surface area contributed by atoms with Gasteiger partial charge in [0, 0.05) is 35.0 Å². The van der Waals surface area contributed by atoms with Gasteiger partial charge in [-0.25, -0.2) is 0 Å². The third-order valence-electron chi connectivity index (χ3n) is 5.16. The van der Waals surface area contributed by atoms with Crippen molar-refractivity contribution >= 4 is 17.7 Å². The molecule has 0 aliphatic carbocycles. The fourth-order valence-corrected chi connectivity index (χ4v) is 3.63. The number of carbonyl (C=O) groups excluding carboxylic acids is 1. The highest BCUT2D eigenvalue weighted by Gasteiger charge is 2.29. The molecule has 3 aromatic rings. The van der Waals surface area contributed by atoms with Crippen molar-refractivity contribution in [1.82, 2.24) is 0 Å². The molecule has 1 unspecified atom stereocenters. The summed E-state index contributed by atoms with van der Waals surface area (Å²) in [7, 11) is 0. The average molecular weight is 376 g/mol. The second-order valence-electron chi connectivity index (χ2n) is 7.02. The first-order valence-corrected chi connectivity index (χ1v) is 9.40. The minimum absolute atomic E-state index is 0.0454. The number of nitrogens with two attached hydrogens (primary N) is 1. The number of ketones is 1. The maximum absolute atomic E-state index is 12.7. The summed E-state index contributed by atoms with van der Waals surface area (Å²) in [5, 5.41) is 0. The maximum atomic E-state index is 12.7. The number of terminal acetylenes is 1. The SMILES string of the molecule is C#CCC1(c2cccc(-c3ccc(C(=O)c4ccccc4)cc3N)c2)C=CC=N1. The smallest absolute Gasteiger partial charge is 0.193 e. The van der Waals surface area contributed by atoms with Crippen LogP contribution in [0.2, 0.25) is 0 Å². The van der Waals surface area contributed by atoms with E-state index in [1.54, 1.807) is 24.4 Å². The third kappa shape index (κ3) is 3.49. The first kappa shape index (κ1) is 18.5. The molecule has 3 heteroatoms. The fraction of sp³-hybridized carbons (Fsp3) is 0.0769. The quantitative estimate of drug-likeness (QED) is 0.386. The lowest BCUT2D eigenvalue weighted by Gasteiger charge is -2.23. The number of nitrogen functional groups attached to an aromatic ring is 1. The van der Waals surface area contributed by atoms with Gasteiger partial charge in [-0.05, 0) is 29.3 Å². The monoisotopic (exact) mass is 376 g/mol. The zero-order valence-electron chi connectivity index (χ0n) is 15.9. The van der Waals surface area contributed by atoms with Gasteiger partial charge in [-0.1, -0.05) is 66.7 Å². The molecule has 3 aromatic carbocycles. The number of hydrogen-bond acceptors (Lipinski definition) is 3. The Morgan fingerprint density at radius 3 is 2.52 bits per heavy atom. The second-order valence-corrected chi connectivity index (χ2v) is 7.02. The minimum atomic E-state index is -0.525. The summed E-state index contributed by atoms with van der Waals surface area (Å²) in [5.41, 5.74) is 10.4. The van der Waals surface area contributed by atoms with E-state index in [-0.39, 0.29) is 5.78 Å². The zero-order valence-corrected chi connectivity index (χ0v) is 15.9. The number of benzene rings is 3. The van der Waals surface area contributed by atoms with Crippen LogP contribution in [0.15, 0.2) is 89.9 Å². The van der Waals surface area contributed by atoms with Crippen LogP contribution in [-0.4, -0.2) is 12.0 Å². The van der Waals surface area contributed by atoms with Crippen LogP contribution in [0.25, 0.3) is 11.1 Å². The van der Waals surface area contributed by atoms with Crippen LogP contribution in [0.3, 0.4) is 0 Å². The van der Waals surface area contributed by atoms with Crippen LogP contribution in [0.4, 0.5) is 5.69 Å². The van der Waals surface area contributed by atoms with Crippen LogP contribution in [-0.2, 0) is 5.54 Å². The maximum Gasteiger partial charge on any atom is 0.193 e. The van der Waals surface area contributed by atoms with Crippen LogP contribution in [0, 0.1) is 12.3 Å². The first-order valence-electron chi connectivity index (χ1n) is 9.40. The molecule has 0 spiro atoms. The molecule has 0 fully saturated rings. The molecule has 29 heavy (non-hydrogen) atoms. The highest BCUT2D eigenvalue weighted by Crippen LogP contribution is 2.36. The van der Waals surface area contributed by atoms with E-state index in [0.29, 0.717) is 23.2 Å². The Labute approximate surface area is 170 Å². The number of anilines is 1. The highest BCUT2D eigenvalue weighted by molar-refractivity contribution is 6.09. The van der Waals surface area contributed by atoms with Crippen LogP contribution in [0.5, 0.6) is 0 Å². The number of hydrogen-bond donors (Lipinski definition) is 1. The molecule has 0 aromatic heterocycles. The lowest BCUT2D eigenvalue weighted by atomic mass is 9.86. The van der Waals surface area contributed by atoms with E-state index in [4.69, 9.17) is 12.2 Å². The Morgan fingerprint density at radius 1 is 1.00 bits per heavy atom. The Hall–Kier alpha value is -3.90. The fourth-order valence-electron chi connectivity index (χ4n) is 3.63. The Balaban J connectivity index is 1.70. The molecule has 0 amide bonds. The summed E-state index contributed by atoms with van der Waals surface area (Å²) in [4.78, 5) is 17.3. The Morgan fingerprint density at radius 2 is 1.83 bits per heavy atom. The molecule has 0 saturated heterocycles. The van der Waals surface area contributed by atoms with Crippen LogP contribution < -0.4 is 5.73 Å². The summed E-state index contributed by atoms with van der Waals surface area (Å²) in [6.07, 6.45) is 11.8. The van der Waals surface area contributed by atoms with Crippen molar-refractivity contribution < 1.29 is 4.79 Å². The molecule has 3 nitrogen and oxygen atoms in total. The van der Waals surface area contributed by atoms with Crippen molar-refractivity contribution in [1.29, 1.82) is 0 Å². The predicted octanol–water partition coefficient (Wildman–Crippen LogP) is 5.03. The van der Waals surface area contributed by atoms with Crippen molar-refractivity contribution in [2.24, 2.45) is 4.99 Å². The third-order valence-corrected chi connectivity index (χ3v) is 5.16. The van der Waals surface area contributed by atoms with Gasteiger partial charge < -0.3 is 5.73 Å². The van der Waals surface area contributed by atoms with Gasteiger partial charge in [-0.15, -0.1) is 12.3 Å². The van der Waals surface area contributed by atoms with E-state index in [1.165, 1.54) is 0 Å². The molecule has 0 saturated carbocycles. The summed E-state index contributed by atoms with van der Waals surface area (Å²) in [6, 6.07) is 22.7. The van der Waals surface area contributed by atoms with E-state index in [1.807, 2.05) is 60.7 Å². The molecule has 2 N–H and O–H groups in total. The van der Waals surface area contributed by atoms with Gasteiger partial charge in [0.2, 0.25) is 0 Å². The summed E-state index contributed by atoms with van der Waals surface area (Å²) in [5.74, 6) is 2.68. The van der Waals surface area contributed by atoms with E-state index in [9.17, 15) is 4.79 Å². The van der Waals surface area contributed by atoms with E-state index < -0.39 is 5.54 Å². The highest BCUT2D eigenvalue weighted by atomic mass is 16.1. The summed E-state index contributed by atoms with van der Waals surface area (Å²) in [6.45, 7) is 0. The largest absolute Gasteiger partial charge is 0.398 e. The first-order chi connectivity index (χ1) is 14.1. The number of allylic oxidation sites excluding steroid dienone is 1. The van der Waals surface area contributed by atoms with Gasteiger partial charge in [0.05, 0.1) is 0 Å². The molecule has 4 rings (SSSR count). The second kappa shape index (κ2) is 7.61. The normalized spacial score (nSPS) is 17.2. The Bertz CT molecular complexity index is 1150. The lowest BCUT2D eigenvalue weighted by molar-refractivity contribution is 0.103. The van der Waals surface area contributed by atoms with Crippen LogP contribution in [0.1, 0.15) is 27.9 Å². The standard InChI is InChI=1S/C26H20N2O/c1-2-14-26(15-7-16-28-26)22-11-6-10-20(17-22)23-13-12-21(18-24(23)27)25(29)19-8-4-3-5-9-19/h1,3-13,15-18H,14,27H2. The molecule has 0 radical (unpaired) electrons. The van der Waals surface area contributed by atoms with Crippen molar-refractivity contribution in [2.45, 2.75) is 12.0 Å². The molecule has 0 bridgehead atoms. The van der Waals surface area contributed by atoms with E-state index >= 15 is 0 Å². The molecule has 1 aliphatic heterocycles. The summed E-state index contributed by atoms with van der Waals surface area (Å²) < 4.78 is 0. The predicted molar refractivity (Wildman–Crippen MR) is 119 cm³/mol. The van der Waals surface area contributed by atoms with Crippen molar-refractivity contribution in [3.8, 4) is 23.5 Å². The number of carbonyl (C=O) groups is 1. The number of aliphatic imine (C=N–C) groups is 1. The van der Waals surface area contributed by atoms with Gasteiger partial charge in [-0.3, -0.25) is 9.79 Å². The summed E-state index contributed by atoms with van der Waals surface area (Å²) >= 11 is 0. The van der Waals surface area contributed by atoms with Crippen molar-refractivity contribution in [2.75, 3.05) is 5.73 Å². The Kier molecular flexibility index (Phi) is 4.85. The van der Waals surface area contributed by atoms with Gasteiger partial charge in [-0.2, -0.15) is 0 Å². The zero-order chi connectivity index (χ0) is 20.3. The topological polar surface area (TPSA) is 55.5 Å². The van der Waals surface area contributed by atoms with Gasteiger partial charge in [0.15, 0.2) is 5.78 Å². The van der Waals surface area contributed by atoms with Gasteiger partial charge in [0.25, 0.3) is 0 Å². The molecule has 1 heterocycles. The minimum Gasteiger partial charge on any atom is -0.398 e. The molecule has 140 valence electrons. The van der Waals surface area contributed by atoms with Gasteiger partial charge in [0.1, 0.15) is 5.54 Å². The van der Waals surface area contributed by atoms with E-state index in [0.717, 1.165) is 16.7 Å². The lowest BCUT2D eigenvalue weighted by Crippen LogP contribution is -2.18. The molecule has 1 aliphatic rings. The van der Waals surface area contributed by atoms with Crippen LogP contribution >= 0.6 is 0 Å². The van der Waals surface area contributed by atoms with Gasteiger partial charge >= 0.3 is 0 Å². The van der Waals surface area contributed by atoms with Crippen molar-refractivity contribution in [3.63, 3.8) is 0 Å². The molecular formula is C26H20N2O.